The summed E-state index contributed by atoms with van der Waals surface area (Å²) in [5.41, 5.74) is 10.9. The number of primary amides is 1. The Kier molecular flexibility index (Phi) is 10.8. The normalized spacial score (nSPS) is 14.4. The molecule has 0 unspecified atom stereocenters. The summed E-state index contributed by atoms with van der Waals surface area (Å²) < 4.78 is 0. The minimum absolute atomic E-state index is 0.0351. The molecule has 0 saturated carbocycles. The molecule has 0 aliphatic carbocycles. The van der Waals surface area contributed by atoms with Gasteiger partial charge in [-0.05, 0) is 30.8 Å². The van der Waals surface area contributed by atoms with Gasteiger partial charge in [-0.3, -0.25) is 14.4 Å². The van der Waals surface area contributed by atoms with Crippen LogP contribution in [0.5, 0.6) is 0 Å². The minimum atomic E-state index is -1.18. The Morgan fingerprint density at radius 3 is 2.12 bits per heavy atom. The Hall–Kier alpha value is -1.81. The van der Waals surface area contributed by atoms with Crippen molar-refractivity contribution >= 4 is 35.5 Å². The van der Waals surface area contributed by atoms with Crippen LogP contribution in [0.4, 0.5) is 0 Å². The van der Waals surface area contributed by atoms with Crippen LogP contribution in [0.2, 0.25) is 0 Å². The Balaban J connectivity index is 5.01. The maximum atomic E-state index is 12.4. The number of carboxylic acids is 1. The van der Waals surface area contributed by atoms with Gasteiger partial charge in [-0.2, -0.15) is 11.8 Å². The first kappa shape index (κ1) is 23.2. The first-order valence-corrected chi connectivity index (χ1v) is 9.35. The molecule has 0 rings (SSSR count). The smallest absolute Gasteiger partial charge is 0.326 e. The van der Waals surface area contributed by atoms with Gasteiger partial charge in [-0.15, -0.1) is 0 Å². The number of amides is 3. The lowest BCUT2D eigenvalue weighted by molar-refractivity contribution is -0.143. The summed E-state index contributed by atoms with van der Waals surface area (Å²) in [5, 5.41) is 14.0. The van der Waals surface area contributed by atoms with Crippen LogP contribution in [-0.4, -0.2) is 58.9 Å². The predicted molar refractivity (Wildman–Crippen MR) is 95.7 cm³/mol. The molecule has 0 saturated heterocycles. The highest BCUT2D eigenvalue weighted by atomic mass is 32.2. The van der Waals surface area contributed by atoms with Crippen molar-refractivity contribution in [3.8, 4) is 0 Å². The summed E-state index contributed by atoms with van der Waals surface area (Å²) in [6.07, 6.45) is 2.15. The number of hydrogen-bond donors (Lipinski definition) is 5. The van der Waals surface area contributed by atoms with E-state index in [1.807, 2.05) is 6.26 Å². The molecule has 0 fully saturated rings. The number of carbonyl (C=O) groups is 4. The second-order valence-electron chi connectivity index (χ2n) is 6.02. The standard InChI is InChI=1S/C15H28N4O5S/c1-8(2)12(15(23)24)19-14(22)10(4-5-11(17)20)18-13(21)9(16)6-7-25-3/h8-10,12H,4-7,16H2,1-3H3,(H2,17,20)(H,18,21)(H,19,22)(H,23,24)/t9-,10-,12-/m0/s1. The van der Waals surface area contributed by atoms with Crippen molar-refractivity contribution in [1.82, 2.24) is 10.6 Å². The van der Waals surface area contributed by atoms with Crippen LogP contribution in [-0.2, 0) is 19.2 Å². The highest BCUT2D eigenvalue weighted by Crippen LogP contribution is 2.06. The van der Waals surface area contributed by atoms with E-state index in [2.05, 4.69) is 10.6 Å². The lowest BCUT2D eigenvalue weighted by Gasteiger charge is -2.24. The van der Waals surface area contributed by atoms with Gasteiger partial charge in [0.05, 0.1) is 6.04 Å². The molecule has 144 valence electrons. The second kappa shape index (κ2) is 11.7. The second-order valence-corrected chi connectivity index (χ2v) is 7.01. The summed E-state index contributed by atoms with van der Waals surface area (Å²) in [6.45, 7) is 3.29. The van der Waals surface area contributed by atoms with E-state index in [-0.39, 0.29) is 18.8 Å². The van der Waals surface area contributed by atoms with E-state index in [4.69, 9.17) is 16.6 Å². The molecule has 0 aromatic carbocycles. The Morgan fingerprint density at radius 2 is 1.68 bits per heavy atom. The monoisotopic (exact) mass is 376 g/mol. The van der Waals surface area contributed by atoms with E-state index in [9.17, 15) is 19.2 Å². The lowest BCUT2D eigenvalue weighted by Crippen LogP contribution is -2.55. The maximum absolute atomic E-state index is 12.4. The summed E-state index contributed by atoms with van der Waals surface area (Å²) in [7, 11) is 0. The zero-order chi connectivity index (χ0) is 19.6. The molecule has 10 heteroatoms. The fraction of sp³-hybridized carbons (Fsp3) is 0.733. The van der Waals surface area contributed by atoms with E-state index >= 15 is 0 Å². The number of nitrogens with one attached hydrogen (secondary N) is 2. The van der Waals surface area contributed by atoms with Gasteiger partial charge in [0.2, 0.25) is 17.7 Å². The van der Waals surface area contributed by atoms with Crippen LogP contribution in [0.15, 0.2) is 0 Å². The number of hydrogen-bond acceptors (Lipinski definition) is 6. The van der Waals surface area contributed by atoms with Gasteiger partial charge in [0.15, 0.2) is 0 Å². The third kappa shape index (κ3) is 9.30. The first-order valence-electron chi connectivity index (χ1n) is 7.96. The molecular weight excluding hydrogens is 348 g/mol. The van der Waals surface area contributed by atoms with Crippen molar-refractivity contribution < 1.29 is 24.3 Å². The molecule has 3 amide bonds. The van der Waals surface area contributed by atoms with Crippen molar-refractivity contribution in [3.63, 3.8) is 0 Å². The average Bonchev–Trinajstić information content (AvgIpc) is 2.52. The Labute approximate surface area is 151 Å². The molecule has 0 aliphatic rings. The number of carbonyl (C=O) groups excluding carboxylic acids is 3. The summed E-state index contributed by atoms with van der Waals surface area (Å²) in [5.74, 6) is -2.70. The molecule has 0 heterocycles. The van der Waals surface area contributed by atoms with Gasteiger partial charge in [0.25, 0.3) is 0 Å². The quantitative estimate of drug-likeness (QED) is 0.293. The molecule has 0 aromatic rings. The fourth-order valence-corrected chi connectivity index (χ4v) is 2.47. The summed E-state index contributed by atoms with van der Waals surface area (Å²) in [6, 6.07) is -2.98. The van der Waals surface area contributed by atoms with Crippen molar-refractivity contribution in [2.75, 3.05) is 12.0 Å². The first-order chi connectivity index (χ1) is 11.6. The highest BCUT2D eigenvalue weighted by molar-refractivity contribution is 7.98. The third-order valence-electron chi connectivity index (χ3n) is 3.51. The van der Waals surface area contributed by atoms with Gasteiger partial charge in [0, 0.05) is 6.42 Å². The third-order valence-corrected chi connectivity index (χ3v) is 4.16. The molecule has 9 nitrogen and oxygen atoms in total. The SMILES string of the molecule is CSCC[C@H](N)C(=O)N[C@@H](CCC(N)=O)C(=O)N[C@H](C(=O)O)C(C)C. The topological polar surface area (TPSA) is 165 Å². The number of nitrogens with two attached hydrogens (primary N) is 2. The van der Waals surface area contributed by atoms with Crippen LogP contribution >= 0.6 is 11.8 Å². The van der Waals surface area contributed by atoms with Gasteiger partial charge in [0.1, 0.15) is 12.1 Å². The van der Waals surface area contributed by atoms with Crippen LogP contribution < -0.4 is 22.1 Å². The molecule has 0 spiro atoms. The number of thioether (sulfide) groups is 1. The lowest BCUT2D eigenvalue weighted by atomic mass is 10.0. The van der Waals surface area contributed by atoms with Crippen molar-refractivity contribution in [1.29, 1.82) is 0 Å². The molecular formula is C15H28N4O5S. The Bertz CT molecular complexity index is 487. The zero-order valence-corrected chi connectivity index (χ0v) is 15.6. The van der Waals surface area contributed by atoms with Gasteiger partial charge < -0.3 is 27.2 Å². The van der Waals surface area contributed by atoms with Crippen molar-refractivity contribution in [3.05, 3.63) is 0 Å². The van der Waals surface area contributed by atoms with Crippen molar-refractivity contribution in [2.24, 2.45) is 17.4 Å². The molecule has 25 heavy (non-hydrogen) atoms. The van der Waals surface area contributed by atoms with E-state index in [1.54, 1.807) is 13.8 Å². The van der Waals surface area contributed by atoms with Gasteiger partial charge in [-0.1, -0.05) is 13.8 Å². The number of carboxylic acid groups (broad SMARTS) is 1. The van der Waals surface area contributed by atoms with E-state index < -0.39 is 41.8 Å². The summed E-state index contributed by atoms with van der Waals surface area (Å²) in [4.78, 5) is 46.7. The van der Waals surface area contributed by atoms with Crippen LogP contribution in [0, 0.1) is 5.92 Å². The van der Waals surface area contributed by atoms with Crippen LogP contribution in [0.3, 0.4) is 0 Å². The van der Waals surface area contributed by atoms with E-state index in [0.29, 0.717) is 12.2 Å². The largest absolute Gasteiger partial charge is 0.480 e. The maximum Gasteiger partial charge on any atom is 0.326 e. The van der Waals surface area contributed by atoms with Gasteiger partial charge >= 0.3 is 5.97 Å². The molecule has 0 radical (unpaired) electrons. The molecule has 0 bridgehead atoms. The zero-order valence-electron chi connectivity index (χ0n) is 14.8. The summed E-state index contributed by atoms with van der Waals surface area (Å²) >= 11 is 1.54. The fourth-order valence-electron chi connectivity index (χ4n) is 1.98. The van der Waals surface area contributed by atoms with Crippen LogP contribution in [0.1, 0.15) is 33.1 Å². The molecule has 0 aromatic heterocycles. The predicted octanol–water partition coefficient (Wildman–Crippen LogP) is -0.957. The highest BCUT2D eigenvalue weighted by Gasteiger charge is 2.29. The number of aliphatic carboxylic acids is 1. The number of rotatable bonds is 12. The average molecular weight is 376 g/mol. The minimum Gasteiger partial charge on any atom is -0.480 e. The van der Waals surface area contributed by atoms with E-state index in [0.717, 1.165) is 0 Å². The Morgan fingerprint density at radius 1 is 1.08 bits per heavy atom. The van der Waals surface area contributed by atoms with Crippen molar-refractivity contribution in [2.45, 2.75) is 51.2 Å². The van der Waals surface area contributed by atoms with Gasteiger partial charge in [-0.25, -0.2) is 4.79 Å². The molecule has 0 aliphatic heterocycles. The van der Waals surface area contributed by atoms with Crippen LogP contribution in [0.25, 0.3) is 0 Å². The molecule has 7 N–H and O–H groups in total. The molecule has 3 atom stereocenters. The van der Waals surface area contributed by atoms with E-state index in [1.165, 1.54) is 11.8 Å².